The van der Waals surface area contributed by atoms with Crippen LogP contribution in [-0.4, -0.2) is 59.7 Å². The average molecular weight is 493 g/mol. The Balaban J connectivity index is 1.51. The van der Waals surface area contributed by atoms with Crippen LogP contribution >= 0.6 is 11.8 Å². The SMILES string of the molecule is CCN1CCC2(CC1)N=C(SCC(=O)Nc1ccc(OC)cc1)C(c1ccc(C(C)(C)C)cc1)=N2. The maximum absolute atomic E-state index is 12.7. The molecule has 2 aliphatic heterocycles. The molecule has 0 bridgehead atoms. The number of carbonyl (C=O) groups excluding carboxylic acids is 1. The van der Waals surface area contributed by atoms with Crippen LogP contribution in [0.3, 0.4) is 0 Å². The third kappa shape index (κ3) is 6.14. The fourth-order valence-electron chi connectivity index (χ4n) is 4.40. The molecule has 2 aromatic carbocycles. The van der Waals surface area contributed by atoms with E-state index in [1.54, 1.807) is 7.11 Å². The summed E-state index contributed by atoms with van der Waals surface area (Å²) in [6.45, 7) is 11.9. The molecule has 1 fully saturated rings. The Morgan fingerprint density at radius 1 is 1.06 bits per heavy atom. The molecule has 35 heavy (non-hydrogen) atoms. The van der Waals surface area contributed by atoms with Crippen molar-refractivity contribution in [3.63, 3.8) is 0 Å². The number of aliphatic imine (C=N–C) groups is 2. The zero-order valence-corrected chi connectivity index (χ0v) is 22.2. The minimum atomic E-state index is -0.404. The number of methoxy groups -OCH3 is 1. The van der Waals surface area contributed by atoms with Crippen molar-refractivity contribution in [2.45, 2.75) is 51.6 Å². The molecule has 6 nitrogen and oxygen atoms in total. The van der Waals surface area contributed by atoms with Gasteiger partial charge in [-0.2, -0.15) is 0 Å². The predicted molar refractivity (Wildman–Crippen MR) is 147 cm³/mol. The van der Waals surface area contributed by atoms with Crippen LogP contribution in [0.5, 0.6) is 5.75 Å². The van der Waals surface area contributed by atoms with E-state index < -0.39 is 5.66 Å². The van der Waals surface area contributed by atoms with Crippen LogP contribution in [0.15, 0.2) is 58.5 Å². The van der Waals surface area contributed by atoms with Gasteiger partial charge in [0.1, 0.15) is 10.8 Å². The number of likely N-dealkylation sites (tertiary alicyclic amines) is 1. The molecule has 1 spiro atoms. The Morgan fingerprint density at radius 2 is 1.71 bits per heavy atom. The first-order chi connectivity index (χ1) is 16.7. The van der Waals surface area contributed by atoms with Crippen LogP contribution in [0, 0.1) is 0 Å². The molecule has 0 radical (unpaired) electrons. The maximum atomic E-state index is 12.7. The van der Waals surface area contributed by atoms with E-state index in [0.717, 1.165) is 60.2 Å². The Kier molecular flexibility index (Phi) is 7.67. The Labute approximate surface area is 213 Å². The first-order valence-corrected chi connectivity index (χ1v) is 13.3. The van der Waals surface area contributed by atoms with Gasteiger partial charge in [-0.1, -0.05) is 63.7 Å². The summed E-state index contributed by atoms with van der Waals surface area (Å²) in [5, 5.41) is 3.83. The van der Waals surface area contributed by atoms with Crippen LogP contribution in [0.25, 0.3) is 0 Å². The van der Waals surface area contributed by atoms with E-state index >= 15 is 0 Å². The van der Waals surface area contributed by atoms with Gasteiger partial charge in [0.2, 0.25) is 5.91 Å². The highest BCUT2D eigenvalue weighted by Crippen LogP contribution is 2.36. The van der Waals surface area contributed by atoms with Crippen molar-refractivity contribution in [3.05, 3.63) is 59.7 Å². The lowest BCUT2D eigenvalue weighted by atomic mass is 9.86. The number of nitrogens with zero attached hydrogens (tertiary/aromatic N) is 3. The number of anilines is 1. The summed E-state index contributed by atoms with van der Waals surface area (Å²) in [6.07, 6.45) is 1.82. The molecule has 0 aliphatic carbocycles. The molecule has 0 unspecified atom stereocenters. The smallest absolute Gasteiger partial charge is 0.234 e. The molecule has 0 aromatic heterocycles. The summed E-state index contributed by atoms with van der Waals surface area (Å²) in [4.78, 5) is 25.5. The molecule has 1 saturated heterocycles. The number of hydrogen-bond acceptors (Lipinski definition) is 6. The van der Waals surface area contributed by atoms with Crippen molar-refractivity contribution >= 4 is 34.1 Å². The molecular weight excluding hydrogens is 456 g/mol. The third-order valence-electron chi connectivity index (χ3n) is 6.67. The topological polar surface area (TPSA) is 66.3 Å². The van der Waals surface area contributed by atoms with E-state index in [9.17, 15) is 4.79 Å². The predicted octanol–water partition coefficient (Wildman–Crippen LogP) is 5.38. The molecule has 186 valence electrons. The standard InChI is InChI=1S/C28H36N4O2S/c1-6-32-17-15-28(16-18-32)30-25(20-7-9-21(10-8-20)27(2,3)4)26(31-28)35-19-24(33)29-22-11-13-23(34-5)14-12-22/h7-14H,6,15-19H2,1-5H3,(H,29,33). The van der Waals surface area contributed by atoms with Gasteiger partial charge in [0.15, 0.2) is 5.66 Å². The number of thioether (sulfide) groups is 1. The molecule has 2 aromatic rings. The van der Waals surface area contributed by atoms with Gasteiger partial charge in [-0.25, -0.2) is 4.99 Å². The van der Waals surface area contributed by atoms with Gasteiger partial charge in [-0.3, -0.25) is 9.79 Å². The molecule has 0 saturated carbocycles. The number of amides is 1. The largest absolute Gasteiger partial charge is 0.497 e. The number of carbonyl (C=O) groups is 1. The second-order valence-electron chi connectivity index (χ2n) is 10.2. The van der Waals surface area contributed by atoms with Gasteiger partial charge in [0.25, 0.3) is 0 Å². The fraction of sp³-hybridized carbons (Fsp3) is 0.464. The highest BCUT2D eigenvalue weighted by Gasteiger charge is 2.39. The maximum Gasteiger partial charge on any atom is 0.234 e. The number of benzene rings is 2. The van der Waals surface area contributed by atoms with E-state index in [2.05, 4.69) is 62.2 Å². The number of nitrogens with one attached hydrogen (secondary N) is 1. The lowest BCUT2D eigenvalue weighted by Gasteiger charge is -2.34. The third-order valence-corrected chi connectivity index (χ3v) is 7.64. The monoisotopic (exact) mass is 492 g/mol. The first kappa shape index (κ1) is 25.5. The number of hydrogen-bond donors (Lipinski definition) is 1. The number of rotatable bonds is 6. The molecule has 0 atom stereocenters. The minimum Gasteiger partial charge on any atom is -0.497 e. The summed E-state index contributed by atoms with van der Waals surface area (Å²) in [6, 6.07) is 16.0. The summed E-state index contributed by atoms with van der Waals surface area (Å²) < 4.78 is 5.19. The van der Waals surface area contributed by atoms with Gasteiger partial charge in [-0.05, 0) is 41.8 Å². The van der Waals surface area contributed by atoms with Crippen LogP contribution in [0.1, 0.15) is 51.7 Å². The van der Waals surface area contributed by atoms with Crippen molar-refractivity contribution in [2.24, 2.45) is 9.98 Å². The van der Waals surface area contributed by atoms with Gasteiger partial charge >= 0.3 is 0 Å². The molecule has 7 heteroatoms. The average Bonchev–Trinajstić information content (AvgIpc) is 3.21. The van der Waals surface area contributed by atoms with Crippen LogP contribution in [-0.2, 0) is 10.2 Å². The molecule has 1 N–H and O–H groups in total. The summed E-state index contributed by atoms with van der Waals surface area (Å²) in [5.41, 5.74) is 3.71. The second kappa shape index (κ2) is 10.5. The van der Waals surface area contributed by atoms with Crippen LogP contribution in [0.2, 0.25) is 0 Å². The van der Waals surface area contributed by atoms with Crippen LogP contribution < -0.4 is 10.1 Å². The quantitative estimate of drug-likeness (QED) is 0.588. The highest BCUT2D eigenvalue weighted by atomic mass is 32.2. The van der Waals surface area contributed by atoms with E-state index in [1.807, 2.05) is 24.3 Å². The zero-order chi connectivity index (χ0) is 25.1. The van der Waals surface area contributed by atoms with Gasteiger partial charge < -0.3 is 15.0 Å². The van der Waals surface area contributed by atoms with E-state index in [0.29, 0.717) is 0 Å². The van der Waals surface area contributed by atoms with Gasteiger partial charge in [0.05, 0.1) is 18.6 Å². The fourth-order valence-corrected chi connectivity index (χ4v) is 5.27. The van der Waals surface area contributed by atoms with Crippen LogP contribution in [0.4, 0.5) is 5.69 Å². The lowest BCUT2D eigenvalue weighted by Crippen LogP contribution is -2.41. The van der Waals surface area contributed by atoms with Crippen molar-refractivity contribution in [2.75, 3.05) is 37.8 Å². The first-order valence-electron chi connectivity index (χ1n) is 12.3. The normalized spacial score (nSPS) is 17.7. The number of ether oxygens (including phenoxy) is 1. The highest BCUT2D eigenvalue weighted by molar-refractivity contribution is 8.16. The Bertz CT molecular complexity index is 1090. The molecule has 2 aliphatic rings. The number of piperidine rings is 1. The van der Waals surface area contributed by atoms with Crippen molar-refractivity contribution in [1.82, 2.24) is 4.90 Å². The molecule has 2 heterocycles. The summed E-state index contributed by atoms with van der Waals surface area (Å²) in [7, 11) is 1.63. The Hall–Kier alpha value is -2.64. The van der Waals surface area contributed by atoms with E-state index in [1.165, 1.54) is 17.3 Å². The zero-order valence-electron chi connectivity index (χ0n) is 21.4. The van der Waals surface area contributed by atoms with Crippen molar-refractivity contribution in [3.8, 4) is 5.75 Å². The molecule has 1 amide bonds. The summed E-state index contributed by atoms with van der Waals surface area (Å²) in [5.74, 6) is 0.976. The van der Waals surface area contributed by atoms with E-state index in [-0.39, 0.29) is 17.1 Å². The molecular formula is C28H36N4O2S. The van der Waals surface area contributed by atoms with Crippen molar-refractivity contribution in [1.29, 1.82) is 0 Å². The lowest BCUT2D eigenvalue weighted by molar-refractivity contribution is -0.113. The van der Waals surface area contributed by atoms with Gasteiger partial charge in [0, 0.05) is 37.2 Å². The second-order valence-corrected chi connectivity index (χ2v) is 11.2. The summed E-state index contributed by atoms with van der Waals surface area (Å²) >= 11 is 1.47. The molecule has 4 rings (SSSR count). The minimum absolute atomic E-state index is 0.0629. The van der Waals surface area contributed by atoms with E-state index in [4.69, 9.17) is 14.7 Å². The Morgan fingerprint density at radius 3 is 2.29 bits per heavy atom. The van der Waals surface area contributed by atoms with Crippen molar-refractivity contribution < 1.29 is 9.53 Å². The van der Waals surface area contributed by atoms with Gasteiger partial charge in [-0.15, -0.1) is 0 Å².